The molecule has 26 heavy (non-hydrogen) atoms. The Balaban J connectivity index is 1.68. The van der Waals surface area contributed by atoms with Crippen LogP contribution in [-0.4, -0.2) is 22.5 Å². The second-order valence-corrected chi connectivity index (χ2v) is 7.01. The average molecular weight is 373 g/mol. The number of nitrogens with zero attached hydrogens (tertiary/aromatic N) is 2. The summed E-state index contributed by atoms with van der Waals surface area (Å²) in [6.45, 7) is 0. The number of hydrogen-bond donors (Lipinski definition) is 0. The molecule has 3 aromatic rings. The van der Waals surface area contributed by atoms with Crippen LogP contribution >= 0.6 is 23.5 Å². The van der Waals surface area contributed by atoms with Gasteiger partial charge in [-0.1, -0.05) is 17.8 Å². The molecule has 0 amide bonds. The summed E-state index contributed by atoms with van der Waals surface area (Å²) in [5, 5.41) is 0. The lowest BCUT2D eigenvalue weighted by Gasteiger charge is -1.95. The molecule has 2 nitrogen and oxygen atoms in total. The van der Waals surface area contributed by atoms with Gasteiger partial charge in [-0.2, -0.15) is 0 Å². The van der Waals surface area contributed by atoms with Crippen molar-refractivity contribution in [2.24, 2.45) is 0 Å². The minimum atomic E-state index is 0.494. The van der Waals surface area contributed by atoms with E-state index in [0.29, 0.717) is 5.82 Å². The zero-order valence-electron chi connectivity index (χ0n) is 14.5. The Kier molecular flexibility index (Phi) is 6.39. The van der Waals surface area contributed by atoms with Crippen molar-refractivity contribution in [1.29, 1.82) is 0 Å². The molecule has 0 N–H and O–H groups in total. The predicted octanol–water partition coefficient (Wildman–Crippen LogP) is 4.72. The average Bonchev–Trinajstić information content (AvgIpc) is 2.72. The Labute approximate surface area is 162 Å². The molecule has 0 aliphatic carbocycles. The first-order valence-corrected chi connectivity index (χ1v) is 10.4. The molecule has 0 radical (unpaired) electrons. The summed E-state index contributed by atoms with van der Waals surface area (Å²) in [5.74, 6) is 12.8. The fraction of sp³-hybridized carbons (Fsp3) is 0.0909. The third-order valence-corrected chi connectivity index (χ3v) is 4.99. The first-order chi connectivity index (χ1) is 12.8. The van der Waals surface area contributed by atoms with Crippen molar-refractivity contribution in [2.75, 3.05) is 12.5 Å². The molecular weight excluding hydrogens is 356 g/mol. The molecule has 1 aromatic heterocycles. The molecule has 0 saturated carbocycles. The van der Waals surface area contributed by atoms with Gasteiger partial charge in [-0.15, -0.1) is 23.5 Å². The summed E-state index contributed by atoms with van der Waals surface area (Å²) < 4.78 is 0. The summed E-state index contributed by atoms with van der Waals surface area (Å²) in [4.78, 5) is 11.0. The van der Waals surface area contributed by atoms with Crippen LogP contribution in [0.2, 0.25) is 0 Å². The van der Waals surface area contributed by atoms with E-state index < -0.39 is 0 Å². The van der Waals surface area contributed by atoms with Gasteiger partial charge in [-0.3, -0.25) is 0 Å². The molecular formula is C22H16N2S2. The van der Waals surface area contributed by atoms with Crippen molar-refractivity contribution in [1.82, 2.24) is 9.97 Å². The van der Waals surface area contributed by atoms with E-state index in [1.54, 1.807) is 35.9 Å². The van der Waals surface area contributed by atoms with Gasteiger partial charge in [0.1, 0.15) is 0 Å². The molecule has 4 heteroatoms. The lowest BCUT2D eigenvalue weighted by molar-refractivity contribution is 1.12. The molecule has 0 aliphatic heterocycles. The van der Waals surface area contributed by atoms with Crippen LogP contribution in [0.5, 0.6) is 0 Å². The van der Waals surface area contributed by atoms with E-state index >= 15 is 0 Å². The number of rotatable bonds is 2. The molecule has 3 rings (SSSR count). The third kappa shape index (κ3) is 5.17. The van der Waals surface area contributed by atoms with Gasteiger partial charge in [0.05, 0.1) is 5.56 Å². The van der Waals surface area contributed by atoms with Gasteiger partial charge in [-0.05, 0) is 67.0 Å². The summed E-state index contributed by atoms with van der Waals surface area (Å²) in [7, 11) is 0. The maximum absolute atomic E-state index is 4.27. The van der Waals surface area contributed by atoms with Crippen molar-refractivity contribution in [2.45, 2.75) is 9.79 Å². The minimum absolute atomic E-state index is 0.494. The molecule has 0 bridgehead atoms. The highest BCUT2D eigenvalue weighted by atomic mass is 32.2. The van der Waals surface area contributed by atoms with E-state index in [2.05, 4.69) is 70.4 Å². The monoisotopic (exact) mass is 372 g/mol. The van der Waals surface area contributed by atoms with Crippen LogP contribution in [-0.2, 0) is 0 Å². The van der Waals surface area contributed by atoms with Crippen LogP contribution in [0.1, 0.15) is 22.5 Å². The topological polar surface area (TPSA) is 25.8 Å². The Morgan fingerprint density at radius 2 is 1.00 bits per heavy atom. The van der Waals surface area contributed by atoms with Crippen LogP contribution in [0.15, 0.2) is 70.7 Å². The first-order valence-electron chi connectivity index (χ1n) is 7.91. The Morgan fingerprint density at radius 3 is 1.46 bits per heavy atom. The molecule has 0 aliphatic rings. The molecule has 2 aromatic carbocycles. The summed E-state index contributed by atoms with van der Waals surface area (Å²) in [6.07, 6.45) is 7.52. The van der Waals surface area contributed by atoms with Gasteiger partial charge in [0.15, 0.2) is 0 Å². The van der Waals surface area contributed by atoms with Crippen molar-refractivity contribution < 1.29 is 0 Å². The molecule has 0 spiro atoms. The van der Waals surface area contributed by atoms with Crippen molar-refractivity contribution >= 4 is 23.5 Å². The SMILES string of the molecule is CSc1ccc(C#Cc2cnc(C#Cc3ccc(SC)cc3)nc2)cc1. The van der Waals surface area contributed by atoms with Gasteiger partial charge >= 0.3 is 0 Å². The smallest absolute Gasteiger partial charge is 0.205 e. The highest BCUT2D eigenvalue weighted by molar-refractivity contribution is 7.98. The van der Waals surface area contributed by atoms with E-state index in [1.165, 1.54) is 9.79 Å². The zero-order valence-corrected chi connectivity index (χ0v) is 16.1. The van der Waals surface area contributed by atoms with E-state index in [-0.39, 0.29) is 0 Å². The Bertz CT molecular complexity index is 900. The summed E-state index contributed by atoms with van der Waals surface area (Å²) in [5.41, 5.74) is 2.69. The summed E-state index contributed by atoms with van der Waals surface area (Å²) >= 11 is 3.43. The van der Waals surface area contributed by atoms with Crippen LogP contribution in [0, 0.1) is 23.7 Å². The van der Waals surface area contributed by atoms with Crippen LogP contribution < -0.4 is 0 Å². The summed E-state index contributed by atoms with van der Waals surface area (Å²) in [6, 6.07) is 16.3. The maximum atomic E-state index is 4.27. The maximum Gasteiger partial charge on any atom is 0.205 e. The Hall–Kier alpha value is -2.66. The standard InChI is InChI=1S/C22H16N2S2/c1-25-20-10-5-17(6-11-20)3-4-19-15-23-22(24-16-19)14-9-18-7-12-21(26-2)13-8-18/h5-8,10-13,15-16H,1-2H3. The fourth-order valence-electron chi connectivity index (χ4n) is 2.08. The highest BCUT2D eigenvalue weighted by Gasteiger charge is 1.94. The predicted molar refractivity (Wildman–Crippen MR) is 110 cm³/mol. The first kappa shape index (κ1) is 18.1. The van der Waals surface area contributed by atoms with Crippen LogP contribution in [0.25, 0.3) is 0 Å². The van der Waals surface area contributed by atoms with E-state index in [0.717, 1.165) is 16.7 Å². The molecule has 0 unspecified atom stereocenters. The van der Waals surface area contributed by atoms with Gasteiger partial charge in [-0.25, -0.2) is 9.97 Å². The van der Waals surface area contributed by atoms with Crippen molar-refractivity contribution in [3.05, 3.63) is 83.4 Å². The fourth-order valence-corrected chi connectivity index (χ4v) is 2.89. The third-order valence-electron chi connectivity index (χ3n) is 3.50. The van der Waals surface area contributed by atoms with Crippen molar-refractivity contribution in [3.8, 4) is 23.7 Å². The highest BCUT2D eigenvalue weighted by Crippen LogP contribution is 2.15. The quantitative estimate of drug-likeness (QED) is 0.480. The number of aromatic nitrogens is 2. The Morgan fingerprint density at radius 1 is 0.577 bits per heavy atom. The molecule has 0 atom stereocenters. The molecule has 0 saturated heterocycles. The zero-order chi connectivity index (χ0) is 18.2. The van der Waals surface area contributed by atoms with Gasteiger partial charge in [0, 0.05) is 33.3 Å². The number of hydrogen-bond acceptors (Lipinski definition) is 4. The van der Waals surface area contributed by atoms with Gasteiger partial charge in [0.2, 0.25) is 5.82 Å². The second-order valence-electron chi connectivity index (χ2n) is 5.25. The second kappa shape index (κ2) is 9.15. The number of thioether (sulfide) groups is 2. The van der Waals surface area contributed by atoms with Gasteiger partial charge in [0.25, 0.3) is 0 Å². The lowest BCUT2D eigenvalue weighted by Crippen LogP contribution is -1.89. The largest absolute Gasteiger partial charge is 0.228 e. The minimum Gasteiger partial charge on any atom is -0.228 e. The van der Waals surface area contributed by atoms with E-state index in [1.807, 2.05) is 24.3 Å². The normalized spacial score (nSPS) is 9.62. The van der Waals surface area contributed by atoms with Crippen LogP contribution in [0.3, 0.4) is 0 Å². The molecule has 0 fully saturated rings. The number of benzene rings is 2. The molecule has 1 heterocycles. The van der Waals surface area contributed by atoms with E-state index in [4.69, 9.17) is 0 Å². The van der Waals surface area contributed by atoms with E-state index in [9.17, 15) is 0 Å². The lowest BCUT2D eigenvalue weighted by atomic mass is 10.2. The van der Waals surface area contributed by atoms with Crippen molar-refractivity contribution in [3.63, 3.8) is 0 Å². The molecule has 126 valence electrons. The van der Waals surface area contributed by atoms with Gasteiger partial charge < -0.3 is 0 Å². The van der Waals surface area contributed by atoms with Crippen LogP contribution in [0.4, 0.5) is 0 Å².